The fourth-order valence-electron chi connectivity index (χ4n) is 2.11. The van der Waals surface area contributed by atoms with Gasteiger partial charge in [0.05, 0.1) is 7.11 Å². The molecule has 0 spiro atoms. The summed E-state index contributed by atoms with van der Waals surface area (Å²) in [5.74, 6) is 0.921. The summed E-state index contributed by atoms with van der Waals surface area (Å²) < 4.78 is 5.30. The first-order chi connectivity index (χ1) is 8.10. The third-order valence-electron chi connectivity index (χ3n) is 3.37. The van der Waals surface area contributed by atoms with Crippen molar-refractivity contribution in [2.45, 2.75) is 25.0 Å². The summed E-state index contributed by atoms with van der Waals surface area (Å²) in [6.07, 6.45) is 0.992. The molecule has 0 aliphatic carbocycles. The van der Waals surface area contributed by atoms with E-state index in [2.05, 4.69) is 38.1 Å². The van der Waals surface area contributed by atoms with E-state index >= 15 is 0 Å². The van der Waals surface area contributed by atoms with Crippen molar-refractivity contribution in [1.29, 1.82) is 0 Å². The molecular formula is C15H18OS. The number of ether oxygens (including phenoxy) is 1. The molecule has 0 bridgehead atoms. The minimum absolute atomic E-state index is 0.105. The largest absolute Gasteiger partial charge is 0.496 e. The second kappa shape index (κ2) is 4.61. The molecule has 2 aromatic carbocycles. The van der Waals surface area contributed by atoms with Gasteiger partial charge < -0.3 is 4.74 Å². The van der Waals surface area contributed by atoms with Crippen LogP contribution in [0.5, 0.6) is 5.75 Å². The highest BCUT2D eigenvalue weighted by Gasteiger charge is 2.22. The van der Waals surface area contributed by atoms with Crippen molar-refractivity contribution in [3.8, 4) is 5.75 Å². The van der Waals surface area contributed by atoms with Gasteiger partial charge in [0.15, 0.2) is 0 Å². The first-order valence-electron chi connectivity index (χ1n) is 5.88. The normalized spacial score (nSPS) is 14.6. The van der Waals surface area contributed by atoms with Crippen LogP contribution >= 0.6 is 12.6 Å². The molecular weight excluding hydrogens is 228 g/mol. The van der Waals surface area contributed by atoms with Crippen molar-refractivity contribution < 1.29 is 4.74 Å². The number of hydrogen-bond donors (Lipinski definition) is 1. The van der Waals surface area contributed by atoms with E-state index in [4.69, 9.17) is 17.4 Å². The van der Waals surface area contributed by atoms with Gasteiger partial charge in [0, 0.05) is 10.1 Å². The molecule has 1 atom stereocenters. The lowest BCUT2D eigenvalue weighted by Gasteiger charge is -2.24. The van der Waals surface area contributed by atoms with E-state index in [1.165, 1.54) is 10.9 Å². The highest BCUT2D eigenvalue weighted by Crippen LogP contribution is 2.39. The van der Waals surface area contributed by atoms with Crippen molar-refractivity contribution in [3.63, 3.8) is 0 Å². The van der Waals surface area contributed by atoms with E-state index in [1.54, 1.807) is 7.11 Å². The van der Waals surface area contributed by atoms with Crippen LogP contribution in [0.2, 0.25) is 0 Å². The maximum atomic E-state index is 5.40. The molecule has 0 heterocycles. The average molecular weight is 246 g/mol. The summed E-state index contributed by atoms with van der Waals surface area (Å²) in [6, 6.07) is 12.5. The van der Waals surface area contributed by atoms with Crippen molar-refractivity contribution >= 4 is 23.4 Å². The quantitative estimate of drug-likeness (QED) is 0.790. The number of methoxy groups -OCH3 is 1. The Hall–Kier alpha value is -1.15. The van der Waals surface area contributed by atoms with E-state index in [0.29, 0.717) is 0 Å². The maximum absolute atomic E-state index is 5.40. The molecule has 0 saturated heterocycles. The monoisotopic (exact) mass is 246 g/mol. The first kappa shape index (κ1) is 12.3. The van der Waals surface area contributed by atoms with Crippen LogP contribution in [-0.4, -0.2) is 7.11 Å². The van der Waals surface area contributed by atoms with Crippen LogP contribution in [0.15, 0.2) is 36.4 Å². The number of benzene rings is 2. The SMILES string of the molecule is CCC(C)(S)c1ccc(OC)c2ccccc12. The third-order valence-corrected chi connectivity index (χ3v) is 3.93. The summed E-state index contributed by atoms with van der Waals surface area (Å²) in [5, 5.41) is 2.38. The summed E-state index contributed by atoms with van der Waals surface area (Å²) in [4.78, 5) is 0. The van der Waals surface area contributed by atoms with Crippen molar-refractivity contribution in [3.05, 3.63) is 42.0 Å². The van der Waals surface area contributed by atoms with E-state index in [9.17, 15) is 0 Å². The summed E-state index contributed by atoms with van der Waals surface area (Å²) in [6.45, 7) is 4.32. The zero-order valence-electron chi connectivity index (χ0n) is 10.5. The van der Waals surface area contributed by atoms with Gasteiger partial charge in [-0.25, -0.2) is 0 Å². The molecule has 0 fully saturated rings. The molecule has 90 valence electrons. The van der Waals surface area contributed by atoms with E-state index in [-0.39, 0.29) is 4.75 Å². The van der Waals surface area contributed by atoms with Crippen LogP contribution < -0.4 is 4.74 Å². The van der Waals surface area contributed by atoms with Gasteiger partial charge >= 0.3 is 0 Å². The van der Waals surface area contributed by atoms with Crippen molar-refractivity contribution in [2.24, 2.45) is 0 Å². The van der Waals surface area contributed by atoms with Crippen LogP contribution in [0.25, 0.3) is 10.8 Å². The predicted octanol–water partition coefficient (Wildman–Crippen LogP) is 4.40. The Labute approximate surface area is 108 Å². The van der Waals surface area contributed by atoms with Crippen LogP contribution in [-0.2, 0) is 4.75 Å². The van der Waals surface area contributed by atoms with Gasteiger partial charge in [-0.3, -0.25) is 0 Å². The predicted molar refractivity (Wildman–Crippen MR) is 77.1 cm³/mol. The number of fused-ring (bicyclic) bond motifs is 1. The summed E-state index contributed by atoms with van der Waals surface area (Å²) >= 11 is 4.77. The molecule has 0 N–H and O–H groups in total. The Balaban J connectivity index is 2.75. The zero-order chi connectivity index (χ0) is 12.5. The van der Waals surface area contributed by atoms with Crippen LogP contribution in [0.3, 0.4) is 0 Å². The molecule has 2 rings (SSSR count). The lowest BCUT2D eigenvalue weighted by molar-refractivity contribution is 0.419. The Bertz CT molecular complexity index is 531. The molecule has 1 unspecified atom stereocenters. The molecule has 2 aromatic rings. The Kier molecular flexibility index (Phi) is 3.34. The molecule has 0 aromatic heterocycles. The average Bonchev–Trinajstić information content (AvgIpc) is 2.37. The lowest BCUT2D eigenvalue weighted by Crippen LogP contribution is -2.12. The molecule has 0 amide bonds. The molecule has 1 nitrogen and oxygen atoms in total. The molecule has 17 heavy (non-hydrogen) atoms. The molecule has 0 aliphatic rings. The van der Waals surface area contributed by atoms with Crippen LogP contribution in [0.4, 0.5) is 0 Å². The zero-order valence-corrected chi connectivity index (χ0v) is 11.4. The van der Waals surface area contributed by atoms with Gasteiger partial charge in [0.1, 0.15) is 5.75 Å². The second-order valence-electron chi connectivity index (χ2n) is 4.49. The molecule has 0 radical (unpaired) electrons. The van der Waals surface area contributed by atoms with Gasteiger partial charge in [-0.05, 0) is 30.4 Å². The van der Waals surface area contributed by atoms with Gasteiger partial charge in [-0.2, -0.15) is 12.6 Å². The van der Waals surface area contributed by atoms with Gasteiger partial charge in [-0.1, -0.05) is 37.3 Å². The minimum Gasteiger partial charge on any atom is -0.496 e. The lowest BCUT2D eigenvalue weighted by atomic mass is 9.92. The highest BCUT2D eigenvalue weighted by atomic mass is 32.1. The van der Waals surface area contributed by atoms with Crippen LogP contribution in [0, 0.1) is 0 Å². The first-order valence-corrected chi connectivity index (χ1v) is 6.33. The molecule has 0 aliphatic heterocycles. The molecule has 2 heteroatoms. The molecule has 0 saturated carbocycles. The Morgan fingerprint density at radius 2 is 1.76 bits per heavy atom. The Morgan fingerprint density at radius 3 is 2.35 bits per heavy atom. The Morgan fingerprint density at radius 1 is 1.12 bits per heavy atom. The fraction of sp³-hybridized carbons (Fsp3) is 0.333. The third kappa shape index (κ3) is 2.14. The number of rotatable bonds is 3. The van der Waals surface area contributed by atoms with Gasteiger partial charge in [0.2, 0.25) is 0 Å². The van der Waals surface area contributed by atoms with E-state index in [0.717, 1.165) is 17.6 Å². The summed E-state index contributed by atoms with van der Waals surface area (Å²) in [7, 11) is 1.71. The standard InChI is InChI=1S/C15H18OS/c1-4-15(2,17)13-9-10-14(16-3)12-8-6-5-7-11(12)13/h5-10,17H,4H2,1-3H3. The van der Waals surface area contributed by atoms with Crippen LogP contribution in [0.1, 0.15) is 25.8 Å². The van der Waals surface area contributed by atoms with Crippen molar-refractivity contribution in [1.82, 2.24) is 0 Å². The number of hydrogen-bond acceptors (Lipinski definition) is 2. The highest BCUT2D eigenvalue weighted by molar-refractivity contribution is 7.81. The van der Waals surface area contributed by atoms with Gasteiger partial charge in [0.25, 0.3) is 0 Å². The summed E-state index contributed by atoms with van der Waals surface area (Å²) in [5.41, 5.74) is 1.26. The maximum Gasteiger partial charge on any atom is 0.126 e. The van der Waals surface area contributed by atoms with Crippen molar-refractivity contribution in [2.75, 3.05) is 7.11 Å². The van der Waals surface area contributed by atoms with Gasteiger partial charge in [-0.15, -0.1) is 0 Å². The number of thiol groups is 1. The van der Waals surface area contributed by atoms with E-state index in [1.807, 2.05) is 12.1 Å². The fourth-order valence-corrected chi connectivity index (χ4v) is 2.30. The topological polar surface area (TPSA) is 9.23 Å². The van der Waals surface area contributed by atoms with E-state index < -0.39 is 0 Å². The smallest absolute Gasteiger partial charge is 0.126 e. The second-order valence-corrected chi connectivity index (χ2v) is 5.48. The minimum atomic E-state index is -0.105.